The first-order valence-corrected chi connectivity index (χ1v) is 9.24. The lowest BCUT2D eigenvalue weighted by Crippen LogP contribution is -2.41. The van der Waals surface area contributed by atoms with Crippen molar-refractivity contribution in [1.29, 1.82) is 10.5 Å². The quantitative estimate of drug-likeness (QED) is 0.807. The van der Waals surface area contributed by atoms with Crippen molar-refractivity contribution in [3.05, 3.63) is 75.9 Å². The zero-order valence-electron chi connectivity index (χ0n) is 14.2. The molecule has 6 heteroatoms. The molecule has 2 aliphatic rings. The standard InChI is InChI=1S/C21H15BrN4O/c22-15-6-3-5-14(10-15)17-18(20(25)27)26-9-8-13-4-1-2-7-16(13)19(26)21(17,11-23)12-24/h1-10,17-19H,(H2,25,27). The van der Waals surface area contributed by atoms with Crippen molar-refractivity contribution in [2.45, 2.75) is 18.0 Å². The molecule has 132 valence electrons. The highest BCUT2D eigenvalue weighted by molar-refractivity contribution is 9.10. The fraction of sp³-hybridized carbons (Fsp3) is 0.190. The number of benzene rings is 2. The summed E-state index contributed by atoms with van der Waals surface area (Å²) in [7, 11) is 0. The zero-order valence-corrected chi connectivity index (χ0v) is 15.8. The van der Waals surface area contributed by atoms with Gasteiger partial charge in [-0.15, -0.1) is 0 Å². The smallest absolute Gasteiger partial charge is 0.240 e. The number of fused-ring (bicyclic) bond motifs is 3. The third-order valence-electron chi connectivity index (χ3n) is 5.44. The van der Waals surface area contributed by atoms with E-state index in [0.29, 0.717) is 0 Å². The van der Waals surface area contributed by atoms with Crippen molar-refractivity contribution in [3.63, 3.8) is 0 Å². The third kappa shape index (κ3) is 2.38. The molecule has 4 rings (SSSR count). The molecule has 0 radical (unpaired) electrons. The lowest BCUT2D eigenvalue weighted by atomic mass is 9.68. The van der Waals surface area contributed by atoms with Gasteiger partial charge in [-0.25, -0.2) is 0 Å². The second kappa shape index (κ2) is 6.26. The van der Waals surface area contributed by atoms with Crippen molar-refractivity contribution >= 4 is 27.9 Å². The van der Waals surface area contributed by atoms with Crippen LogP contribution in [0.15, 0.2) is 59.2 Å². The first kappa shape index (κ1) is 17.3. The highest BCUT2D eigenvalue weighted by atomic mass is 79.9. The van der Waals surface area contributed by atoms with Crippen LogP contribution in [0, 0.1) is 28.1 Å². The Hall–Kier alpha value is -3.09. The maximum atomic E-state index is 12.5. The summed E-state index contributed by atoms with van der Waals surface area (Å²) in [6.07, 6.45) is 3.68. The zero-order chi connectivity index (χ0) is 19.2. The highest BCUT2D eigenvalue weighted by Crippen LogP contribution is 2.59. The van der Waals surface area contributed by atoms with E-state index in [2.05, 4.69) is 28.1 Å². The van der Waals surface area contributed by atoms with E-state index in [4.69, 9.17) is 5.73 Å². The molecule has 0 aliphatic carbocycles. The van der Waals surface area contributed by atoms with E-state index in [1.807, 2.05) is 54.6 Å². The molecular formula is C21H15BrN4O. The Morgan fingerprint density at radius 1 is 1.15 bits per heavy atom. The Labute approximate surface area is 165 Å². The van der Waals surface area contributed by atoms with E-state index >= 15 is 0 Å². The van der Waals surface area contributed by atoms with Gasteiger partial charge in [0.25, 0.3) is 0 Å². The van der Waals surface area contributed by atoms with Gasteiger partial charge in [0.2, 0.25) is 5.91 Å². The summed E-state index contributed by atoms with van der Waals surface area (Å²) in [5.41, 5.74) is 6.84. The third-order valence-corrected chi connectivity index (χ3v) is 5.94. The van der Waals surface area contributed by atoms with Gasteiger partial charge in [-0.05, 0) is 34.9 Å². The molecule has 1 saturated heterocycles. The number of hydrogen-bond acceptors (Lipinski definition) is 4. The molecule has 0 aromatic heterocycles. The van der Waals surface area contributed by atoms with Gasteiger partial charge < -0.3 is 10.6 Å². The second-order valence-corrected chi connectivity index (χ2v) is 7.68. The van der Waals surface area contributed by atoms with Crippen molar-refractivity contribution in [3.8, 4) is 12.1 Å². The van der Waals surface area contributed by atoms with E-state index in [0.717, 1.165) is 21.2 Å². The molecule has 1 amide bonds. The van der Waals surface area contributed by atoms with E-state index < -0.39 is 29.3 Å². The highest BCUT2D eigenvalue weighted by Gasteiger charge is 2.63. The average Bonchev–Trinajstić information content (AvgIpc) is 2.99. The molecule has 0 bridgehead atoms. The molecule has 5 nitrogen and oxygen atoms in total. The average molecular weight is 419 g/mol. The monoisotopic (exact) mass is 418 g/mol. The Balaban J connectivity index is 2.02. The van der Waals surface area contributed by atoms with E-state index in [-0.39, 0.29) is 0 Å². The largest absolute Gasteiger partial charge is 0.368 e. The fourth-order valence-corrected chi connectivity index (χ4v) is 4.81. The van der Waals surface area contributed by atoms with Crippen molar-refractivity contribution in [1.82, 2.24) is 4.90 Å². The van der Waals surface area contributed by atoms with Gasteiger partial charge in [0.15, 0.2) is 5.41 Å². The number of hydrogen-bond donors (Lipinski definition) is 1. The van der Waals surface area contributed by atoms with Crippen LogP contribution in [-0.4, -0.2) is 16.8 Å². The summed E-state index contributed by atoms with van der Waals surface area (Å²) < 4.78 is 0.814. The first-order valence-electron chi connectivity index (χ1n) is 8.45. The maximum absolute atomic E-state index is 12.5. The molecular weight excluding hydrogens is 404 g/mol. The van der Waals surface area contributed by atoms with Crippen LogP contribution in [0.4, 0.5) is 0 Å². The summed E-state index contributed by atoms with van der Waals surface area (Å²) in [6, 6.07) is 18.2. The number of nitriles is 2. The van der Waals surface area contributed by atoms with Gasteiger partial charge in [-0.2, -0.15) is 10.5 Å². The van der Waals surface area contributed by atoms with Gasteiger partial charge in [-0.1, -0.05) is 52.3 Å². The van der Waals surface area contributed by atoms with Crippen LogP contribution in [0.25, 0.3) is 6.08 Å². The molecule has 0 spiro atoms. The lowest BCUT2D eigenvalue weighted by molar-refractivity contribution is -0.122. The Bertz CT molecular complexity index is 1030. The lowest BCUT2D eigenvalue weighted by Gasteiger charge is -2.34. The minimum absolute atomic E-state index is 0.554. The molecule has 0 saturated carbocycles. The second-order valence-electron chi connectivity index (χ2n) is 6.77. The predicted molar refractivity (Wildman–Crippen MR) is 104 cm³/mol. The van der Waals surface area contributed by atoms with Gasteiger partial charge in [0, 0.05) is 16.6 Å². The molecule has 2 heterocycles. The van der Waals surface area contributed by atoms with E-state index in [9.17, 15) is 15.3 Å². The van der Waals surface area contributed by atoms with Crippen molar-refractivity contribution in [2.24, 2.45) is 11.1 Å². The molecule has 1 fully saturated rings. The van der Waals surface area contributed by atoms with Crippen LogP contribution < -0.4 is 5.73 Å². The number of amides is 1. The summed E-state index contributed by atoms with van der Waals surface area (Å²) >= 11 is 3.44. The van der Waals surface area contributed by atoms with E-state index in [1.54, 1.807) is 11.1 Å². The number of primary amides is 1. The number of rotatable bonds is 2. The van der Waals surface area contributed by atoms with Gasteiger partial charge in [0.05, 0.1) is 18.2 Å². The Kier molecular flexibility index (Phi) is 4.02. The normalized spacial score (nSPS) is 24.4. The molecule has 3 unspecified atom stereocenters. The Morgan fingerprint density at radius 3 is 2.56 bits per heavy atom. The molecule has 2 aromatic rings. The summed E-state index contributed by atoms with van der Waals surface area (Å²) in [6.45, 7) is 0. The minimum Gasteiger partial charge on any atom is -0.368 e. The maximum Gasteiger partial charge on any atom is 0.240 e. The van der Waals surface area contributed by atoms with Crippen LogP contribution in [0.5, 0.6) is 0 Å². The topological polar surface area (TPSA) is 93.9 Å². The molecule has 27 heavy (non-hydrogen) atoms. The summed E-state index contributed by atoms with van der Waals surface area (Å²) in [5, 5.41) is 20.4. The van der Waals surface area contributed by atoms with Crippen LogP contribution >= 0.6 is 15.9 Å². The molecule has 2 aliphatic heterocycles. The SMILES string of the molecule is N#CC1(C#N)C(c2cccc(Br)c2)C(C(N)=O)N2C=Cc3ccccc3C21. The number of nitrogens with two attached hydrogens (primary N) is 1. The number of carbonyl (C=O) groups is 1. The van der Waals surface area contributed by atoms with Crippen LogP contribution in [0.1, 0.15) is 28.7 Å². The summed E-state index contributed by atoms with van der Waals surface area (Å²) in [4.78, 5) is 14.3. The Morgan fingerprint density at radius 2 is 1.89 bits per heavy atom. The number of carbonyl (C=O) groups excluding carboxylic acids is 1. The van der Waals surface area contributed by atoms with Crippen LogP contribution in [-0.2, 0) is 4.79 Å². The van der Waals surface area contributed by atoms with Gasteiger partial charge in [0.1, 0.15) is 6.04 Å². The molecule has 2 N–H and O–H groups in total. The van der Waals surface area contributed by atoms with Gasteiger partial charge in [-0.3, -0.25) is 4.79 Å². The van der Waals surface area contributed by atoms with E-state index in [1.165, 1.54) is 0 Å². The van der Waals surface area contributed by atoms with Crippen molar-refractivity contribution in [2.75, 3.05) is 0 Å². The number of nitrogens with zero attached hydrogens (tertiary/aromatic N) is 3. The fourth-order valence-electron chi connectivity index (χ4n) is 4.39. The van der Waals surface area contributed by atoms with Crippen LogP contribution in [0.3, 0.4) is 0 Å². The number of halogens is 1. The summed E-state index contributed by atoms with van der Waals surface area (Å²) in [5.74, 6) is -1.23. The van der Waals surface area contributed by atoms with Crippen molar-refractivity contribution < 1.29 is 4.79 Å². The van der Waals surface area contributed by atoms with Gasteiger partial charge >= 0.3 is 0 Å². The first-order chi connectivity index (χ1) is 13.0. The predicted octanol–water partition coefficient (Wildman–Crippen LogP) is 3.46. The molecule has 3 atom stereocenters. The minimum atomic E-state index is -1.46. The van der Waals surface area contributed by atoms with Crippen LogP contribution in [0.2, 0.25) is 0 Å². The molecule has 2 aromatic carbocycles.